The number of rotatable bonds is 4. The smallest absolute Gasteiger partial charge is 0.246 e. The summed E-state index contributed by atoms with van der Waals surface area (Å²) in [6, 6.07) is 3.48. The molecule has 1 heterocycles. The van der Waals surface area contributed by atoms with E-state index >= 15 is 0 Å². The predicted octanol–water partition coefficient (Wildman–Crippen LogP) is 2.57. The molecule has 0 aromatic heterocycles. The van der Waals surface area contributed by atoms with Crippen LogP contribution in [0.5, 0.6) is 0 Å². The van der Waals surface area contributed by atoms with Gasteiger partial charge in [0.2, 0.25) is 11.8 Å². The second-order valence-electron chi connectivity index (χ2n) is 5.34. The van der Waals surface area contributed by atoms with E-state index in [1.807, 2.05) is 6.92 Å². The zero-order valence-electron chi connectivity index (χ0n) is 12.9. The molecule has 0 saturated carbocycles. The number of carbonyl (C=O) groups excluding carboxylic acids is 2. The maximum Gasteiger partial charge on any atom is 0.246 e. The Morgan fingerprint density at radius 3 is 2.35 bits per heavy atom. The van der Waals surface area contributed by atoms with E-state index in [1.165, 1.54) is 6.08 Å². The largest absolute Gasteiger partial charge is 0.376 e. The van der Waals surface area contributed by atoms with Gasteiger partial charge in [0.1, 0.15) is 0 Å². The summed E-state index contributed by atoms with van der Waals surface area (Å²) < 4.78 is 0. The van der Waals surface area contributed by atoms with E-state index in [2.05, 4.69) is 11.9 Å². The summed E-state index contributed by atoms with van der Waals surface area (Å²) in [5.41, 5.74) is 1.71. The van der Waals surface area contributed by atoms with Crippen molar-refractivity contribution in [2.24, 2.45) is 0 Å². The monoisotopic (exact) mass is 355 g/mol. The number of hydrogen-bond donors (Lipinski definition) is 1. The number of carbonyl (C=O) groups is 2. The van der Waals surface area contributed by atoms with Gasteiger partial charge in [-0.05, 0) is 30.7 Å². The van der Waals surface area contributed by atoms with E-state index in [9.17, 15) is 9.59 Å². The molecule has 0 spiro atoms. The van der Waals surface area contributed by atoms with Gasteiger partial charge in [0.15, 0.2) is 0 Å². The summed E-state index contributed by atoms with van der Waals surface area (Å²) in [7, 11) is 0. The topological polar surface area (TPSA) is 52.7 Å². The summed E-state index contributed by atoms with van der Waals surface area (Å²) in [4.78, 5) is 27.2. The van der Waals surface area contributed by atoms with Crippen molar-refractivity contribution in [2.45, 2.75) is 6.92 Å². The average Bonchev–Trinajstić information content (AvgIpc) is 2.56. The normalized spacial score (nSPS) is 14.6. The Labute approximate surface area is 145 Å². The van der Waals surface area contributed by atoms with Crippen LogP contribution >= 0.6 is 23.2 Å². The van der Waals surface area contributed by atoms with Crippen LogP contribution in [0.1, 0.15) is 5.56 Å². The number of aryl methyl sites for hydroxylation is 1. The van der Waals surface area contributed by atoms with Crippen LogP contribution in [-0.4, -0.2) is 54.3 Å². The van der Waals surface area contributed by atoms with Gasteiger partial charge in [-0.15, -0.1) is 0 Å². The lowest BCUT2D eigenvalue weighted by Crippen LogP contribution is -2.51. The number of halogens is 2. The fraction of sp³-hybridized carbons (Fsp3) is 0.375. The van der Waals surface area contributed by atoms with E-state index in [-0.39, 0.29) is 18.4 Å². The molecule has 0 bridgehead atoms. The summed E-state index contributed by atoms with van der Waals surface area (Å²) in [5.74, 6) is -0.108. The zero-order valence-corrected chi connectivity index (χ0v) is 14.5. The number of nitrogens with zero attached hydrogens (tertiary/aromatic N) is 2. The average molecular weight is 356 g/mol. The van der Waals surface area contributed by atoms with Crippen molar-refractivity contribution in [3.05, 3.63) is 40.4 Å². The molecule has 1 aliphatic rings. The number of anilines is 1. The Balaban J connectivity index is 1.88. The van der Waals surface area contributed by atoms with Crippen molar-refractivity contribution >= 4 is 40.7 Å². The molecule has 0 unspecified atom stereocenters. The fourth-order valence-electron chi connectivity index (χ4n) is 2.42. The lowest BCUT2D eigenvalue weighted by atomic mass is 10.2. The number of hydrogen-bond acceptors (Lipinski definition) is 3. The molecular weight excluding hydrogens is 337 g/mol. The lowest BCUT2D eigenvalue weighted by molar-refractivity contribution is -0.135. The molecule has 5 nitrogen and oxygen atoms in total. The first-order valence-electron chi connectivity index (χ1n) is 7.31. The highest BCUT2D eigenvalue weighted by atomic mass is 35.5. The van der Waals surface area contributed by atoms with E-state index < -0.39 is 0 Å². The van der Waals surface area contributed by atoms with Gasteiger partial charge in [-0.3, -0.25) is 9.59 Å². The van der Waals surface area contributed by atoms with Crippen molar-refractivity contribution in [1.29, 1.82) is 0 Å². The van der Waals surface area contributed by atoms with Crippen molar-refractivity contribution in [2.75, 3.05) is 38.0 Å². The molecule has 0 radical (unpaired) electrons. The Kier molecular flexibility index (Phi) is 5.91. The highest BCUT2D eigenvalue weighted by Crippen LogP contribution is 2.28. The van der Waals surface area contributed by atoms with Crippen LogP contribution in [0.4, 0.5) is 5.69 Å². The van der Waals surface area contributed by atoms with E-state index in [0.717, 1.165) is 11.3 Å². The van der Waals surface area contributed by atoms with Crippen LogP contribution in [0, 0.1) is 6.92 Å². The van der Waals surface area contributed by atoms with Crippen molar-refractivity contribution in [1.82, 2.24) is 9.80 Å². The minimum absolute atomic E-state index is 0.0128. The van der Waals surface area contributed by atoms with Crippen LogP contribution in [0.15, 0.2) is 24.8 Å². The molecule has 1 fully saturated rings. The molecule has 7 heteroatoms. The van der Waals surface area contributed by atoms with Gasteiger partial charge in [0.25, 0.3) is 0 Å². The summed E-state index contributed by atoms with van der Waals surface area (Å²) >= 11 is 11.9. The van der Waals surface area contributed by atoms with Crippen LogP contribution in [0.25, 0.3) is 0 Å². The number of piperazine rings is 1. The first-order valence-corrected chi connectivity index (χ1v) is 8.06. The third kappa shape index (κ3) is 4.39. The fourth-order valence-corrected chi connectivity index (χ4v) is 2.81. The Hall–Kier alpha value is -1.72. The maximum atomic E-state index is 12.3. The third-order valence-electron chi connectivity index (χ3n) is 3.82. The van der Waals surface area contributed by atoms with E-state index in [1.54, 1.807) is 21.9 Å². The van der Waals surface area contributed by atoms with Gasteiger partial charge in [-0.1, -0.05) is 29.8 Å². The minimum Gasteiger partial charge on any atom is -0.376 e. The number of amides is 2. The summed E-state index contributed by atoms with van der Waals surface area (Å²) in [5, 5.41) is 4.03. The second kappa shape index (κ2) is 7.70. The first kappa shape index (κ1) is 17.6. The van der Waals surface area contributed by atoms with Gasteiger partial charge in [0, 0.05) is 31.9 Å². The molecule has 1 aromatic rings. The maximum absolute atomic E-state index is 12.3. The van der Waals surface area contributed by atoms with Gasteiger partial charge in [0.05, 0.1) is 16.6 Å². The molecular formula is C16H19Cl2N3O2. The predicted molar refractivity (Wildman–Crippen MR) is 93.0 cm³/mol. The molecule has 2 rings (SSSR count). The minimum atomic E-state index is -0.0957. The molecule has 2 amide bonds. The molecule has 0 aliphatic carbocycles. The first-order chi connectivity index (χ1) is 10.9. The van der Waals surface area contributed by atoms with Crippen LogP contribution in [0.2, 0.25) is 10.0 Å². The highest BCUT2D eigenvalue weighted by Gasteiger charge is 2.22. The summed E-state index contributed by atoms with van der Waals surface area (Å²) in [6.07, 6.45) is 1.30. The van der Waals surface area contributed by atoms with Gasteiger partial charge >= 0.3 is 0 Å². The third-order valence-corrected chi connectivity index (χ3v) is 4.54. The van der Waals surface area contributed by atoms with Crippen molar-refractivity contribution < 1.29 is 9.59 Å². The van der Waals surface area contributed by atoms with Crippen molar-refractivity contribution in [3.8, 4) is 0 Å². The zero-order chi connectivity index (χ0) is 17.0. The van der Waals surface area contributed by atoms with Gasteiger partial charge < -0.3 is 15.1 Å². The molecule has 124 valence electrons. The number of benzene rings is 1. The Bertz CT molecular complexity index is 626. The SMILES string of the molecule is C=CC(=O)N1CCN(C(=O)CNc2cc(Cl)c(Cl)cc2C)CC1. The van der Waals surface area contributed by atoms with Crippen LogP contribution < -0.4 is 5.32 Å². The quantitative estimate of drug-likeness (QED) is 0.844. The van der Waals surface area contributed by atoms with Crippen molar-refractivity contribution in [3.63, 3.8) is 0 Å². The van der Waals surface area contributed by atoms with Crippen LogP contribution in [0.3, 0.4) is 0 Å². The molecule has 1 aliphatic heterocycles. The Morgan fingerprint density at radius 2 is 1.74 bits per heavy atom. The number of nitrogens with one attached hydrogen (secondary N) is 1. The standard InChI is InChI=1S/C16H19Cl2N3O2/c1-3-15(22)20-4-6-21(7-5-20)16(23)10-19-14-9-13(18)12(17)8-11(14)2/h3,8-9,19H,1,4-7,10H2,2H3. The summed E-state index contributed by atoms with van der Waals surface area (Å²) in [6.45, 7) is 7.66. The molecule has 1 N–H and O–H groups in total. The second-order valence-corrected chi connectivity index (χ2v) is 6.16. The van der Waals surface area contributed by atoms with Gasteiger partial charge in [-0.2, -0.15) is 0 Å². The molecule has 0 atom stereocenters. The lowest BCUT2D eigenvalue weighted by Gasteiger charge is -2.34. The van der Waals surface area contributed by atoms with Gasteiger partial charge in [-0.25, -0.2) is 0 Å². The Morgan fingerprint density at radius 1 is 1.17 bits per heavy atom. The van der Waals surface area contributed by atoms with Crippen LogP contribution in [-0.2, 0) is 9.59 Å². The molecule has 1 saturated heterocycles. The molecule has 1 aromatic carbocycles. The highest BCUT2D eigenvalue weighted by molar-refractivity contribution is 6.42. The molecule has 23 heavy (non-hydrogen) atoms. The van der Waals surface area contributed by atoms with E-state index in [4.69, 9.17) is 23.2 Å². The van der Waals surface area contributed by atoms with E-state index in [0.29, 0.717) is 36.2 Å².